The van der Waals surface area contributed by atoms with Crippen molar-refractivity contribution < 1.29 is 14.0 Å². The third kappa shape index (κ3) is 2.95. The number of benzene rings is 1. The Morgan fingerprint density at radius 3 is 2.50 bits per heavy atom. The van der Waals surface area contributed by atoms with Crippen molar-refractivity contribution in [3.05, 3.63) is 46.9 Å². The van der Waals surface area contributed by atoms with Crippen molar-refractivity contribution in [2.75, 3.05) is 14.1 Å². The summed E-state index contributed by atoms with van der Waals surface area (Å²) in [6, 6.07) is 4.36. The molecule has 1 aromatic rings. The maximum absolute atomic E-state index is 13.6. The summed E-state index contributed by atoms with van der Waals surface area (Å²) in [6.07, 6.45) is 3.20. The van der Waals surface area contributed by atoms with E-state index in [4.69, 9.17) is 0 Å². The third-order valence-electron chi connectivity index (χ3n) is 3.36. The van der Waals surface area contributed by atoms with Crippen molar-refractivity contribution in [2.45, 2.75) is 19.8 Å². The fourth-order valence-electron chi connectivity index (χ4n) is 2.06. The van der Waals surface area contributed by atoms with Gasteiger partial charge in [0.2, 0.25) is 0 Å². The standard InChI is InChI=1S/C16H18FNO2/c1-10-12(5-4-6-14(10)17)16(20)13(9-18(2)3)15(19)11-7-8-11/h4-6,9,11H,7-8H2,1-3H3. The molecule has 0 spiro atoms. The molecule has 3 nitrogen and oxygen atoms in total. The van der Waals surface area contributed by atoms with Gasteiger partial charge < -0.3 is 4.90 Å². The van der Waals surface area contributed by atoms with Gasteiger partial charge in [0, 0.05) is 31.8 Å². The maximum Gasteiger partial charge on any atom is 0.198 e. The zero-order valence-electron chi connectivity index (χ0n) is 11.9. The minimum absolute atomic E-state index is 0.0426. The summed E-state index contributed by atoms with van der Waals surface area (Å²) >= 11 is 0. The molecule has 4 heteroatoms. The van der Waals surface area contributed by atoms with E-state index in [9.17, 15) is 14.0 Å². The van der Waals surface area contributed by atoms with E-state index in [2.05, 4.69) is 0 Å². The van der Waals surface area contributed by atoms with Crippen LogP contribution in [0.2, 0.25) is 0 Å². The zero-order valence-corrected chi connectivity index (χ0v) is 11.9. The second kappa shape index (κ2) is 5.57. The van der Waals surface area contributed by atoms with Gasteiger partial charge in [-0.2, -0.15) is 0 Å². The van der Waals surface area contributed by atoms with Crippen LogP contribution in [0.4, 0.5) is 4.39 Å². The molecular weight excluding hydrogens is 257 g/mol. The first kappa shape index (κ1) is 14.4. The van der Waals surface area contributed by atoms with Gasteiger partial charge in [0.15, 0.2) is 11.6 Å². The van der Waals surface area contributed by atoms with E-state index >= 15 is 0 Å². The highest BCUT2D eigenvalue weighted by atomic mass is 19.1. The van der Waals surface area contributed by atoms with Gasteiger partial charge in [-0.25, -0.2) is 4.39 Å². The first-order chi connectivity index (χ1) is 9.41. The Balaban J connectivity index is 2.40. The largest absolute Gasteiger partial charge is 0.383 e. The van der Waals surface area contributed by atoms with Crippen LogP contribution in [0.25, 0.3) is 0 Å². The summed E-state index contributed by atoms with van der Waals surface area (Å²) < 4.78 is 13.6. The number of rotatable bonds is 5. The molecule has 0 amide bonds. The number of nitrogens with zero attached hydrogens (tertiary/aromatic N) is 1. The average Bonchev–Trinajstić information content (AvgIpc) is 3.22. The Hall–Kier alpha value is -1.97. The van der Waals surface area contributed by atoms with Crippen molar-refractivity contribution in [1.29, 1.82) is 0 Å². The number of halogens is 1. The molecule has 0 saturated heterocycles. The number of hydrogen-bond donors (Lipinski definition) is 0. The molecule has 0 aliphatic heterocycles. The van der Waals surface area contributed by atoms with E-state index in [-0.39, 0.29) is 28.4 Å². The Kier molecular flexibility index (Phi) is 4.02. The van der Waals surface area contributed by atoms with Crippen molar-refractivity contribution in [3.8, 4) is 0 Å². The Morgan fingerprint density at radius 1 is 1.30 bits per heavy atom. The summed E-state index contributed by atoms with van der Waals surface area (Å²) in [7, 11) is 3.51. The van der Waals surface area contributed by atoms with Crippen LogP contribution >= 0.6 is 0 Å². The van der Waals surface area contributed by atoms with Crippen molar-refractivity contribution in [1.82, 2.24) is 4.90 Å². The zero-order chi connectivity index (χ0) is 14.9. The van der Waals surface area contributed by atoms with E-state index in [1.54, 1.807) is 32.0 Å². The molecule has 1 aliphatic carbocycles. The number of Topliss-reactive ketones (excluding diaryl/α,β-unsaturated/α-hetero) is 2. The fraction of sp³-hybridized carbons (Fsp3) is 0.375. The van der Waals surface area contributed by atoms with E-state index in [0.29, 0.717) is 0 Å². The predicted molar refractivity (Wildman–Crippen MR) is 75.0 cm³/mol. The van der Waals surface area contributed by atoms with Gasteiger partial charge in [-0.05, 0) is 31.4 Å². The lowest BCUT2D eigenvalue weighted by Gasteiger charge is -2.12. The fourth-order valence-corrected chi connectivity index (χ4v) is 2.06. The third-order valence-corrected chi connectivity index (χ3v) is 3.36. The first-order valence-electron chi connectivity index (χ1n) is 6.64. The minimum atomic E-state index is -0.432. The molecule has 0 atom stereocenters. The quantitative estimate of drug-likeness (QED) is 0.359. The summed E-state index contributed by atoms with van der Waals surface area (Å²) in [5.74, 6) is -1.00. The van der Waals surface area contributed by atoms with E-state index in [1.165, 1.54) is 18.3 Å². The molecule has 1 aliphatic rings. The molecule has 0 radical (unpaired) electrons. The Morgan fingerprint density at radius 2 is 1.95 bits per heavy atom. The maximum atomic E-state index is 13.6. The highest BCUT2D eigenvalue weighted by molar-refractivity contribution is 6.27. The van der Waals surface area contributed by atoms with E-state index < -0.39 is 11.6 Å². The molecule has 1 fully saturated rings. The summed E-state index contributed by atoms with van der Waals surface area (Å²) in [5.41, 5.74) is 0.684. The van der Waals surface area contributed by atoms with Gasteiger partial charge in [-0.1, -0.05) is 12.1 Å². The van der Waals surface area contributed by atoms with Gasteiger partial charge in [0.05, 0.1) is 5.57 Å². The Labute approximate surface area is 118 Å². The van der Waals surface area contributed by atoms with Crippen LogP contribution in [0.3, 0.4) is 0 Å². The van der Waals surface area contributed by atoms with Gasteiger partial charge in [-0.15, -0.1) is 0 Å². The second-order valence-corrected chi connectivity index (χ2v) is 5.39. The monoisotopic (exact) mass is 275 g/mol. The molecule has 0 bridgehead atoms. The SMILES string of the molecule is Cc1c(F)cccc1C(=O)C(=CN(C)C)C(=O)C1CC1. The molecular formula is C16H18FNO2. The summed E-state index contributed by atoms with van der Waals surface area (Å²) in [5, 5.41) is 0. The van der Waals surface area contributed by atoms with Crippen molar-refractivity contribution in [3.63, 3.8) is 0 Å². The predicted octanol–water partition coefficient (Wildman–Crippen LogP) is 2.74. The van der Waals surface area contributed by atoms with E-state index in [1.807, 2.05) is 0 Å². The normalized spacial score (nSPS) is 15.1. The van der Waals surface area contributed by atoms with Crippen molar-refractivity contribution in [2.24, 2.45) is 5.92 Å². The van der Waals surface area contributed by atoms with Gasteiger partial charge in [0.1, 0.15) is 5.82 Å². The first-order valence-corrected chi connectivity index (χ1v) is 6.64. The molecule has 1 saturated carbocycles. The summed E-state index contributed by atoms with van der Waals surface area (Å²) in [6.45, 7) is 1.55. The Bertz CT molecular complexity index is 586. The molecule has 20 heavy (non-hydrogen) atoms. The summed E-state index contributed by atoms with van der Waals surface area (Å²) in [4.78, 5) is 26.5. The number of ketones is 2. The van der Waals surface area contributed by atoms with Gasteiger partial charge >= 0.3 is 0 Å². The number of carbonyl (C=O) groups is 2. The highest BCUT2D eigenvalue weighted by Gasteiger charge is 2.35. The molecule has 0 unspecified atom stereocenters. The molecule has 0 N–H and O–H groups in total. The molecule has 2 rings (SSSR count). The van der Waals surface area contributed by atoms with Crippen LogP contribution in [0, 0.1) is 18.7 Å². The van der Waals surface area contributed by atoms with Crippen LogP contribution in [-0.4, -0.2) is 30.6 Å². The van der Waals surface area contributed by atoms with Gasteiger partial charge in [-0.3, -0.25) is 9.59 Å². The van der Waals surface area contributed by atoms with Crippen molar-refractivity contribution >= 4 is 11.6 Å². The lowest BCUT2D eigenvalue weighted by Crippen LogP contribution is -2.19. The van der Waals surface area contributed by atoms with Crippen LogP contribution in [0.1, 0.15) is 28.8 Å². The minimum Gasteiger partial charge on any atom is -0.383 e. The number of hydrogen-bond acceptors (Lipinski definition) is 3. The molecule has 1 aromatic carbocycles. The topological polar surface area (TPSA) is 37.4 Å². The molecule has 0 heterocycles. The van der Waals surface area contributed by atoms with Crippen LogP contribution in [0.15, 0.2) is 30.0 Å². The molecule has 106 valence electrons. The van der Waals surface area contributed by atoms with Gasteiger partial charge in [0.25, 0.3) is 0 Å². The number of allylic oxidation sites excluding steroid dienone is 1. The average molecular weight is 275 g/mol. The molecule has 0 aromatic heterocycles. The number of carbonyl (C=O) groups excluding carboxylic acids is 2. The highest BCUT2D eigenvalue weighted by Crippen LogP contribution is 2.33. The van der Waals surface area contributed by atoms with Crippen LogP contribution < -0.4 is 0 Å². The van der Waals surface area contributed by atoms with E-state index in [0.717, 1.165) is 12.8 Å². The second-order valence-electron chi connectivity index (χ2n) is 5.39. The smallest absolute Gasteiger partial charge is 0.198 e. The van der Waals surface area contributed by atoms with Crippen LogP contribution in [-0.2, 0) is 4.79 Å². The lowest BCUT2D eigenvalue weighted by molar-refractivity contribution is -0.116. The van der Waals surface area contributed by atoms with Crippen LogP contribution in [0.5, 0.6) is 0 Å². The lowest BCUT2D eigenvalue weighted by atomic mass is 9.95.